The summed E-state index contributed by atoms with van der Waals surface area (Å²) in [5.41, 5.74) is -1.80. The molecule has 3 nitrogen and oxygen atoms in total. The maximum Gasteiger partial charge on any atom is 0.259 e. The highest BCUT2D eigenvalue weighted by molar-refractivity contribution is 5.94. The lowest BCUT2D eigenvalue weighted by atomic mass is 10.0. The number of amides is 1. The van der Waals surface area contributed by atoms with E-state index in [0.717, 1.165) is 17.7 Å². The molecule has 1 N–H and O–H groups in total. The Kier molecular flexibility index (Phi) is 4.04. The minimum Gasteiger partial charge on any atom is -0.388 e. The van der Waals surface area contributed by atoms with Gasteiger partial charge in [-0.15, -0.1) is 0 Å². The Bertz CT molecular complexity index is 504. The van der Waals surface area contributed by atoms with E-state index < -0.39 is 34.5 Å². The molecule has 1 fully saturated rings. The molecule has 1 aromatic carbocycles. The van der Waals surface area contributed by atoms with E-state index in [4.69, 9.17) is 0 Å². The molecule has 0 saturated heterocycles. The first-order valence-corrected chi connectivity index (χ1v) is 6.45. The number of nitrogens with zero attached hydrogens (tertiary/aromatic N) is 1. The summed E-state index contributed by atoms with van der Waals surface area (Å²) in [6.45, 7) is 0.00207. The van der Waals surface area contributed by atoms with Gasteiger partial charge in [-0.25, -0.2) is 13.2 Å². The van der Waals surface area contributed by atoms with Gasteiger partial charge in [-0.2, -0.15) is 0 Å². The van der Waals surface area contributed by atoms with E-state index >= 15 is 0 Å². The van der Waals surface area contributed by atoms with Gasteiger partial charge in [0.25, 0.3) is 5.91 Å². The molecule has 1 aromatic rings. The molecule has 6 heteroatoms. The van der Waals surface area contributed by atoms with Crippen molar-refractivity contribution < 1.29 is 23.1 Å². The fourth-order valence-electron chi connectivity index (χ4n) is 2.64. The van der Waals surface area contributed by atoms with Crippen LogP contribution >= 0.6 is 0 Å². The molecule has 2 rings (SSSR count). The molecule has 0 heterocycles. The molecule has 110 valence electrons. The average Bonchev–Trinajstić information content (AvgIpc) is 2.74. The summed E-state index contributed by atoms with van der Waals surface area (Å²) in [6.07, 6.45) is 2.83. The van der Waals surface area contributed by atoms with Crippen LogP contribution in [0.2, 0.25) is 0 Å². The summed E-state index contributed by atoms with van der Waals surface area (Å²) in [5.74, 6) is -4.45. The van der Waals surface area contributed by atoms with E-state index in [9.17, 15) is 23.1 Å². The second kappa shape index (κ2) is 5.44. The molecule has 1 saturated carbocycles. The molecule has 0 spiro atoms. The SMILES string of the molecule is CN(CC1(O)CCCC1)C(=O)c1c(F)cc(F)cc1F. The molecule has 0 bridgehead atoms. The number of carbonyl (C=O) groups excluding carboxylic acids is 1. The second-order valence-electron chi connectivity index (χ2n) is 5.34. The van der Waals surface area contributed by atoms with Gasteiger partial charge in [-0.3, -0.25) is 4.79 Å². The molecule has 0 radical (unpaired) electrons. The first-order valence-electron chi connectivity index (χ1n) is 6.45. The van der Waals surface area contributed by atoms with Crippen LogP contribution in [0, 0.1) is 17.5 Å². The van der Waals surface area contributed by atoms with Crippen LogP contribution in [0.5, 0.6) is 0 Å². The number of rotatable bonds is 3. The van der Waals surface area contributed by atoms with Gasteiger partial charge in [0.1, 0.15) is 23.0 Å². The lowest BCUT2D eigenvalue weighted by Crippen LogP contribution is -2.42. The zero-order chi connectivity index (χ0) is 14.9. The third-order valence-corrected chi connectivity index (χ3v) is 3.63. The number of benzene rings is 1. The molecule has 0 aromatic heterocycles. The monoisotopic (exact) mass is 287 g/mol. The van der Waals surface area contributed by atoms with Crippen molar-refractivity contribution in [2.75, 3.05) is 13.6 Å². The Morgan fingerprint density at radius 1 is 1.25 bits per heavy atom. The van der Waals surface area contributed by atoms with Crippen molar-refractivity contribution in [2.45, 2.75) is 31.3 Å². The number of hydrogen-bond donors (Lipinski definition) is 1. The summed E-state index contributed by atoms with van der Waals surface area (Å²) in [6, 6.07) is 0.933. The van der Waals surface area contributed by atoms with E-state index in [0.29, 0.717) is 25.0 Å². The van der Waals surface area contributed by atoms with Crippen molar-refractivity contribution in [3.8, 4) is 0 Å². The molecule has 20 heavy (non-hydrogen) atoms. The van der Waals surface area contributed by atoms with Crippen molar-refractivity contribution in [3.05, 3.63) is 35.1 Å². The maximum absolute atomic E-state index is 13.5. The largest absolute Gasteiger partial charge is 0.388 e. The van der Waals surface area contributed by atoms with Crippen LogP contribution in [-0.2, 0) is 0 Å². The van der Waals surface area contributed by atoms with Crippen molar-refractivity contribution in [1.29, 1.82) is 0 Å². The summed E-state index contributed by atoms with van der Waals surface area (Å²) in [7, 11) is 1.36. The molecule has 1 amide bonds. The zero-order valence-corrected chi connectivity index (χ0v) is 11.1. The Morgan fingerprint density at radius 2 is 1.75 bits per heavy atom. The minimum absolute atomic E-state index is 0.00207. The maximum atomic E-state index is 13.5. The summed E-state index contributed by atoms with van der Waals surface area (Å²) < 4.78 is 39.9. The van der Waals surface area contributed by atoms with E-state index in [1.807, 2.05) is 0 Å². The summed E-state index contributed by atoms with van der Waals surface area (Å²) in [5, 5.41) is 10.2. The number of aliphatic hydroxyl groups is 1. The summed E-state index contributed by atoms with van der Waals surface area (Å²) in [4.78, 5) is 13.1. The highest BCUT2D eigenvalue weighted by Crippen LogP contribution is 2.30. The van der Waals surface area contributed by atoms with Crippen molar-refractivity contribution in [3.63, 3.8) is 0 Å². The number of likely N-dealkylation sites (N-methyl/N-ethyl adjacent to an activating group) is 1. The topological polar surface area (TPSA) is 40.5 Å². The van der Waals surface area contributed by atoms with E-state index in [2.05, 4.69) is 0 Å². The van der Waals surface area contributed by atoms with Crippen molar-refractivity contribution in [2.24, 2.45) is 0 Å². The van der Waals surface area contributed by atoms with Gasteiger partial charge in [0.15, 0.2) is 0 Å². The fourth-order valence-corrected chi connectivity index (χ4v) is 2.64. The van der Waals surface area contributed by atoms with Crippen LogP contribution in [0.25, 0.3) is 0 Å². The highest BCUT2D eigenvalue weighted by atomic mass is 19.1. The van der Waals surface area contributed by atoms with Gasteiger partial charge in [0, 0.05) is 25.7 Å². The first-order chi connectivity index (χ1) is 9.32. The second-order valence-corrected chi connectivity index (χ2v) is 5.34. The molecular formula is C14H16F3NO2. The number of carbonyl (C=O) groups is 1. The fraction of sp³-hybridized carbons (Fsp3) is 0.500. The van der Waals surface area contributed by atoms with Crippen LogP contribution in [-0.4, -0.2) is 35.1 Å². The molecule has 0 aliphatic heterocycles. The van der Waals surface area contributed by atoms with Gasteiger partial charge < -0.3 is 10.0 Å². The Labute approximate surface area is 115 Å². The molecule has 0 atom stereocenters. The van der Waals surface area contributed by atoms with Crippen LogP contribution < -0.4 is 0 Å². The third kappa shape index (κ3) is 2.95. The quantitative estimate of drug-likeness (QED) is 0.928. The predicted octanol–water partition coefficient (Wildman–Crippen LogP) is 2.48. The van der Waals surface area contributed by atoms with Gasteiger partial charge in [0.2, 0.25) is 0 Å². The van der Waals surface area contributed by atoms with Gasteiger partial charge in [-0.05, 0) is 12.8 Å². The third-order valence-electron chi connectivity index (χ3n) is 3.63. The average molecular weight is 287 g/mol. The first kappa shape index (κ1) is 14.8. The van der Waals surface area contributed by atoms with E-state index in [-0.39, 0.29) is 6.54 Å². The Morgan fingerprint density at radius 3 is 2.25 bits per heavy atom. The standard InChI is InChI=1S/C14H16F3NO2/c1-18(8-14(20)4-2-3-5-14)13(19)12-10(16)6-9(15)7-11(12)17/h6-7,20H,2-5,8H2,1H3. The van der Waals surface area contributed by atoms with Crippen LogP contribution in [0.4, 0.5) is 13.2 Å². The van der Waals surface area contributed by atoms with Crippen LogP contribution in [0.1, 0.15) is 36.0 Å². The zero-order valence-electron chi connectivity index (χ0n) is 11.1. The van der Waals surface area contributed by atoms with Crippen molar-refractivity contribution in [1.82, 2.24) is 4.90 Å². The number of halogens is 3. The molecule has 1 aliphatic rings. The smallest absolute Gasteiger partial charge is 0.259 e. The van der Waals surface area contributed by atoms with E-state index in [1.165, 1.54) is 7.05 Å². The summed E-state index contributed by atoms with van der Waals surface area (Å²) >= 11 is 0. The lowest BCUT2D eigenvalue weighted by Gasteiger charge is -2.28. The predicted molar refractivity (Wildman–Crippen MR) is 66.7 cm³/mol. The minimum atomic E-state index is -1.24. The Balaban J connectivity index is 2.19. The van der Waals surface area contributed by atoms with Crippen molar-refractivity contribution >= 4 is 5.91 Å². The van der Waals surface area contributed by atoms with Crippen LogP contribution in [0.15, 0.2) is 12.1 Å². The molecule has 1 aliphatic carbocycles. The van der Waals surface area contributed by atoms with Gasteiger partial charge >= 0.3 is 0 Å². The normalized spacial score (nSPS) is 17.2. The molecule has 0 unspecified atom stereocenters. The Hall–Kier alpha value is -1.56. The van der Waals surface area contributed by atoms with Gasteiger partial charge in [0.05, 0.1) is 5.60 Å². The van der Waals surface area contributed by atoms with Gasteiger partial charge in [-0.1, -0.05) is 12.8 Å². The highest BCUT2D eigenvalue weighted by Gasteiger charge is 2.34. The molecular weight excluding hydrogens is 271 g/mol. The van der Waals surface area contributed by atoms with Crippen LogP contribution in [0.3, 0.4) is 0 Å². The number of hydrogen-bond acceptors (Lipinski definition) is 2. The lowest BCUT2D eigenvalue weighted by molar-refractivity contribution is 0.0153. The van der Waals surface area contributed by atoms with E-state index in [1.54, 1.807) is 0 Å².